The number of rotatable bonds is 9. The second-order valence-electron chi connectivity index (χ2n) is 9.09. The van der Waals surface area contributed by atoms with Crippen LogP contribution in [0, 0.1) is 11.3 Å². The van der Waals surface area contributed by atoms with E-state index in [0.29, 0.717) is 13.1 Å². The molecule has 0 aliphatic carbocycles. The third-order valence-electron chi connectivity index (χ3n) is 6.93. The zero-order valence-corrected chi connectivity index (χ0v) is 21.7. The number of carbonyl (C=O) groups is 1. The van der Waals surface area contributed by atoms with E-state index in [2.05, 4.69) is 83.6 Å². The lowest BCUT2D eigenvalue weighted by molar-refractivity contribution is -0.128. The first-order chi connectivity index (χ1) is 18.1. The first-order valence-electron chi connectivity index (χ1n) is 13.0. The maximum atomic E-state index is 13.2. The lowest BCUT2D eigenvalue weighted by Crippen LogP contribution is -2.50. The molecule has 1 amide bonds. The van der Waals surface area contributed by atoms with Gasteiger partial charge in [0.05, 0.1) is 6.04 Å². The van der Waals surface area contributed by atoms with E-state index in [-0.39, 0.29) is 17.5 Å². The van der Waals surface area contributed by atoms with Crippen molar-refractivity contribution in [2.24, 2.45) is 0 Å². The molecule has 0 spiro atoms. The largest absolute Gasteiger partial charge is 0.372 e. The smallest absolute Gasteiger partial charge is 0.266 e. The minimum atomic E-state index is -0.231. The third kappa shape index (κ3) is 6.38. The summed E-state index contributed by atoms with van der Waals surface area (Å²) in [7, 11) is 0. The Morgan fingerprint density at radius 3 is 1.92 bits per heavy atom. The van der Waals surface area contributed by atoms with Gasteiger partial charge in [-0.2, -0.15) is 5.26 Å². The molecule has 6 heteroatoms. The number of hydrogen-bond donors (Lipinski definition) is 1. The van der Waals surface area contributed by atoms with E-state index in [1.807, 2.05) is 36.4 Å². The van der Waals surface area contributed by atoms with E-state index in [9.17, 15) is 10.1 Å². The Labute approximate surface area is 220 Å². The average molecular weight is 494 g/mol. The van der Waals surface area contributed by atoms with Crippen molar-refractivity contribution in [1.29, 1.82) is 5.26 Å². The Hall–Kier alpha value is -4.08. The lowest BCUT2D eigenvalue weighted by Gasteiger charge is -2.39. The molecule has 6 nitrogen and oxygen atoms in total. The topological polar surface area (TPSA) is 62.6 Å². The second kappa shape index (κ2) is 12.8. The van der Waals surface area contributed by atoms with Gasteiger partial charge in [-0.15, -0.1) is 0 Å². The first kappa shape index (κ1) is 26.0. The number of anilines is 2. The SMILES string of the molecule is CCN(CC)c1ccc(N/C=C(/C#N)C(=O)N2CCN(C(c3ccccc3)c3ccccc3)CC2)cc1. The molecule has 37 heavy (non-hydrogen) atoms. The fourth-order valence-corrected chi connectivity index (χ4v) is 4.89. The number of nitrogens with zero attached hydrogens (tertiary/aromatic N) is 4. The quantitative estimate of drug-likeness (QED) is 0.324. The fourth-order valence-electron chi connectivity index (χ4n) is 4.89. The van der Waals surface area contributed by atoms with Crippen LogP contribution >= 0.6 is 0 Å². The van der Waals surface area contributed by atoms with Gasteiger partial charge in [-0.25, -0.2) is 0 Å². The van der Waals surface area contributed by atoms with Crippen molar-refractivity contribution < 1.29 is 4.79 Å². The zero-order valence-electron chi connectivity index (χ0n) is 21.7. The maximum Gasteiger partial charge on any atom is 0.266 e. The van der Waals surface area contributed by atoms with E-state index in [4.69, 9.17) is 0 Å². The standard InChI is InChI=1S/C31H35N5O/c1-3-34(4-2)29-17-15-28(16-18-29)33-24-27(23-32)31(37)36-21-19-35(20-22-36)30(25-11-7-5-8-12-25)26-13-9-6-10-14-26/h5-18,24,30,33H,3-4,19-22H2,1-2H3/b27-24-. The summed E-state index contributed by atoms with van der Waals surface area (Å²) in [5.41, 5.74) is 4.58. The Balaban J connectivity index is 1.40. The summed E-state index contributed by atoms with van der Waals surface area (Å²) in [6.07, 6.45) is 1.53. The van der Waals surface area contributed by atoms with Gasteiger partial charge in [0.15, 0.2) is 0 Å². The number of amides is 1. The van der Waals surface area contributed by atoms with Crippen LogP contribution in [-0.2, 0) is 4.79 Å². The average Bonchev–Trinajstić information content (AvgIpc) is 2.96. The molecule has 1 aliphatic rings. The summed E-state index contributed by atoms with van der Waals surface area (Å²) >= 11 is 0. The zero-order chi connectivity index (χ0) is 26.0. The molecule has 1 saturated heterocycles. The number of hydrogen-bond acceptors (Lipinski definition) is 5. The van der Waals surface area contributed by atoms with Gasteiger partial charge in [-0.1, -0.05) is 60.7 Å². The minimum Gasteiger partial charge on any atom is -0.372 e. The van der Waals surface area contributed by atoms with Crippen molar-refractivity contribution in [1.82, 2.24) is 9.80 Å². The van der Waals surface area contributed by atoms with E-state index in [1.165, 1.54) is 17.3 Å². The summed E-state index contributed by atoms with van der Waals surface area (Å²) in [6.45, 7) is 8.78. The Kier molecular flexibility index (Phi) is 8.96. The van der Waals surface area contributed by atoms with Crippen LogP contribution in [0.5, 0.6) is 0 Å². The van der Waals surface area contributed by atoms with Crippen LogP contribution in [0.1, 0.15) is 31.0 Å². The Bertz CT molecular complexity index is 1170. The molecule has 0 bridgehead atoms. The minimum absolute atomic E-state index is 0.115. The molecule has 0 atom stereocenters. The van der Waals surface area contributed by atoms with E-state index >= 15 is 0 Å². The third-order valence-corrected chi connectivity index (χ3v) is 6.93. The number of nitrogens with one attached hydrogen (secondary N) is 1. The molecule has 3 aromatic rings. The number of carbonyl (C=O) groups excluding carboxylic acids is 1. The lowest BCUT2D eigenvalue weighted by atomic mass is 9.96. The first-order valence-corrected chi connectivity index (χ1v) is 13.0. The highest BCUT2D eigenvalue weighted by Gasteiger charge is 2.29. The van der Waals surface area contributed by atoms with Gasteiger partial charge in [0.2, 0.25) is 0 Å². The molecule has 190 valence electrons. The van der Waals surface area contributed by atoms with Gasteiger partial charge in [-0.05, 0) is 49.2 Å². The summed E-state index contributed by atoms with van der Waals surface area (Å²) in [4.78, 5) is 19.6. The predicted molar refractivity (Wildman–Crippen MR) is 150 cm³/mol. The van der Waals surface area contributed by atoms with Crippen LogP contribution < -0.4 is 10.2 Å². The van der Waals surface area contributed by atoms with Crippen molar-refractivity contribution in [3.63, 3.8) is 0 Å². The molecule has 0 aromatic heterocycles. The molecular weight excluding hydrogens is 458 g/mol. The number of piperazine rings is 1. The molecule has 1 fully saturated rings. The fraction of sp³-hybridized carbons (Fsp3) is 0.290. The van der Waals surface area contributed by atoms with Crippen LogP contribution in [0.4, 0.5) is 11.4 Å². The van der Waals surface area contributed by atoms with Crippen molar-refractivity contribution in [3.05, 3.63) is 108 Å². The summed E-state index contributed by atoms with van der Waals surface area (Å²) in [5.74, 6) is -0.231. The van der Waals surface area contributed by atoms with E-state index in [1.54, 1.807) is 4.90 Å². The summed E-state index contributed by atoms with van der Waals surface area (Å²) in [5, 5.41) is 12.8. The highest BCUT2D eigenvalue weighted by molar-refractivity contribution is 5.97. The van der Waals surface area contributed by atoms with Gasteiger partial charge < -0.3 is 15.1 Å². The predicted octanol–water partition coefficient (Wildman–Crippen LogP) is 5.29. The Morgan fingerprint density at radius 2 is 1.43 bits per heavy atom. The molecule has 0 unspecified atom stereocenters. The van der Waals surface area contributed by atoms with Crippen LogP contribution in [-0.4, -0.2) is 55.0 Å². The molecule has 3 aromatic carbocycles. The Morgan fingerprint density at radius 1 is 0.892 bits per heavy atom. The molecule has 4 rings (SSSR count). The van der Waals surface area contributed by atoms with Crippen molar-refractivity contribution in [2.45, 2.75) is 19.9 Å². The summed E-state index contributed by atoms with van der Waals surface area (Å²) in [6, 6.07) is 31.2. The van der Waals surface area contributed by atoms with Crippen LogP contribution in [0.3, 0.4) is 0 Å². The maximum absolute atomic E-state index is 13.2. The highest BCUT2D eigenvalue weighted by Crippen LogP contribution is 2.29. The number of nitriles is 1. The highest BCUT2D eigenvalue weighted by atomic mass is 16.2. The molecule has 0 radical (unpaired) electrons. The van der Waals surface area contributed by atoms with Gasteiger partial charge in [0, 0.05) is 56.8 Å². The van der Waals surface area contributed by atoms with Gasteiger partial charge >= 0.3 is 0 Å². The van der Waals surface area contributed by atoms with Gasteiger partial charge in [-0.3, -0.25) is 9.69 Å². The molecule has 1 heterocycles. The van der Waals surface area contributed by atoms with Crippen LogP contribution in [0.2, 0.25) is 0 Å². The second-order valence-corrected chi connectivity index (χ2v) is 9.09. The molecule has 1 aliphatic heterocycles. The molecule has 0 saturated carbocycles. The summed E-state index contributed by atoms with van der Waals surface area (Å²) < 4.78 is 0. The van der Waals surface area contributed by atoms with E-state index in [0.717, 1.165) is 37.6 Å². The normalized spacial score (nSPS) is 14.3. The van der Waals surface area contributed by atoms with Crippen molar-refractivity contribution >= 4 is 17.3 Å². The van der Waals surface area contributed by atoms with E-state index < -0.39 is 0 Å². The van der Waals surface area contributed by atoms with Gasteiger partial charge in [0.25, 0.3) is 5.91 Å². The van der Waals surface area contributed by atoms with Crippen molar-refractivity contribution in [3.8, 4) is 6.07 Å². The number of benzene rings is 3. The monoisotopic (exact) mass is 493 g/mol. The molecular formula is C31H35N5O. The molecule has 1 N–H and O–H groups in total. The van der Waals surface area contributed by atoms with Gasteiger partial charge in [0.1, 0.15) is 11.6 Å². The van der Waals surface area contributed by atoms with Crippen LogP contribution in [0.15, 0.2) is 96.7 Å². The van der Waals surface area contributed by atoms with Crippen molar-refractivity contribution in [2.75, 3.05) is 49.5 Å². The van der Waals surface area contributed by atoms with Crippen LogP contribution in [0.25, 0.3) is 0 Å².